The first kappa shape index (κ1) is 23.8. The molecule has 0 rings (SSSR count). The first-order valence-corrected chi connectivity index (χ1v) is 9.50. The third-order valence-corrected chi connectivity index (χ3v) is 3.88. The lowest BCUT2D eigenvalue weighted by Gasteiger charge is -2.20. The van der Waals surface area contributed by atoms with Crippen molar-refractivity contribution in [1.82, 2.24) is 10.2 Å². The van der Waals surface area contributed by atoms with Crippen molar-refractivity contribution >= 4 is 11.9 Å². The van der Waals surface area contributed by atoms with Crippen LogP contribution < -0.4 is 5.32 Å². The fourth-order valence-corrected chi connectivity index (χ4v) is 2.48. The molecule has 0 saturated carbocycles. The SMILES string of the molecule is CCCCCCCCCC(=O)NCCN(CCO)CC(=O)OCCO. The molecule has 0 aromatic heterocycles. The van der Waals surface area contributed by atoms with Crippen molar-refractivity contribution in [2.75, 3.05) is 46.0 Å². The molecular formula is C18H36N2O5. The molecule has 0 aliphatic heterocycles. The van der Waals surface area contributed by atoms with Crippen molar-refractivity contribution in [3.63, 3.8) is 0 Å². The third kappa shape index (κ3) is 16.1. The Kier molecular flexibility index (Phi) is 16.8. The second-order valence-electron chi connectivity index (χ2n) is 6.17. The van der Waals surface area contributed by atoms with E-state index >= 15 is 0 Å². The summed E-state index contributed by atoms with van der Waals surface area (Å²) in [6.45, 7) is 3.17. The van der Waals surface area contributed by atoms with E-state index in [0.717, 1.165) is 12.8 Å². The number of aliphatic hydroxyl groups is 2. The molecule has 7 nitrogen and oxygen atoms in total. The fourth-order valence-electron chi connectivity index (χ4n) is 2.48. The maximum atomic E-state index is 11.8. The minimum absolute atomic E-state index is 0.0268. The number of ether oxygens (including phenoxy) is 1. The van der Waals surface area contributed by atoms with Gasteiger partial charge < -0.3 is 20.3 Å². The second-order valence-corrected chi connectivity index (χ2v) is 6.17. The molecular weight excluding hydrogens is 324 g/mol. The van der Waals surface area contributed by atoms with Gasteiger partial charge in [-0.3, -0.25) is 14.5 Å². The zero-order valence-electron chi connectivity index (χ0n) is 15.7. The molecule has 0 aromatic carbocycles. The van der Waals surface area contributed by atoms with E-state index in [1.165, 1.54) is 32.1 Å². The van der Waals surface area contributed by atoms with E-state index in [2.05, 4.69) is 12.2 Å². The van der Waals surface area contributed by atoms with Gasteiger partial charge in [0.05, 0.1) is 19.8 Å². The lowest BCUT2D eigenvalue weighted by Crippen LogP contribution is -2.39. The molecule has 148 valence electrons. The number of unbranched alkanes of at least 4 members (excludes halogenated alkanes) is 6. The van der Waals surface area contributed by atoms with Gasteiger partial charge in [0.2, 0.25) is 5.91 Å². The Hall–Kier alpha value is -1.18. The predicted molar refractivity (Wildman–Crippen MR) is 97.2 cm³/mol. The number of carbonyl (C=O) groups excluding carboxylic acids is 2. The number of hydrogen-bond acceptors (Lipinski definition) is 6. The molecule has 0 unspecified atom stereocenters. The third-order valence-electron chi connectivity index (χ3n) is 3.88. The Labute approximate surface area is 151 Å². The molecule has 7 heteroatoms. The van der Waals surface area contributed by atoms with E-state index in [0.29, 0.717) is 26.1 Å². The maximum Gasteiger partial charge on any atom is 0.320 e. The summed E-state index contributed by atoms with van der Waals surface area (Å²) in [4.78, 5) is 25.0. The van der Waals surface area contributed by atoms with E-state index in [9.17, 15) is 9.59 Å². The summed E-state index contributed by atoms with van der Waals surface area (Å²) in [6, 6.07) is 0. The highest BCUT2D eigenvalue weighted by atomic mass is 16.5. The summed E-state index contributed by atoms with van der Waals surface area (Å²) in [5.74, 6) is -0.419. The van der Waals surface area contributed by atoms with Crippen LogP contribution in [0, 0.1) is 0 Å². The van der Waals surface area contributed by atoms with Crippen LogP contribution in [0.5, 0.6) is 0 Å². The van der Waals surface area contributed by atoms with Crippen LogP contribution in [-0.2, 0) is 14.3 Å². The summed E-state index contributed by atoms with van der Waals surface area (Å²) >= 11 is 0. The topological polar surface area (TPSA) is 99.1 Å². The van der Waals surface area contributed by atoms with E-state index in [4.69, 9.17) is 14.9 Å². The van der Waals surface area contributed by atoms with Gasteiger partial charge in [-0.15, -0.1) is 0 Å². The Morgan fingerprint density at radius 2 is 1.64 bits per heavy atom. The standard InChI is InChI=1S/C18H36N2O5/c1-2-3-4-5-6-7-8-9-17(23)19-10-11-20(12-13-21)16-18(24)25-15-14-22/h21-22H,2-16H2,1H3,(H,19,23). The molecule has 0 aliphatic carbocycles. The summed E-state index contributed by atoms with van der Waals surface area (Å²) in [6.07, 6.45) is 8.78. The van der Waals surface area contributed by atoms with Crippen LogP contribution in [0.4, 0.5) is 0 Å². The molecule has 0 radical (unpaired) electrons. The van der Waals surface area contributed by atoms with Crippen LogP contribution in [-0.4, -0.2) is 73.0 Å². The second kappa shape index (κ2) is 17.6. The summed E-state index contributed by atoms with van der Waals surface area (Å²) in [5.41, 5.74) is 0. The first-order chi connectivity index (χ1) is 12.1. The van der Waals surface area contributed by atoms with E-state index in [1.807, 2.05) is 0 Å². The van der Waals surface area contributed by atoms with Crippen molar-refractivity contribution in [1.29, 1.82) is 0 Å². The van der Waals surface area contributed by atoms with Gasteiger partial charge in [0, 0.05) is 26.1 Å². The number of aliphatic hydroxyl groups excluding tert-OH is 2. The molecule has 25 heavy (non-hydrogen) atoms. The van der Waals surface area contributed by atoms with Crippen molar-refractivity contribution in [2.45, 2.75) is 58.3 Å². The number of carbonyl (C=O) groups is 2. The molecule has 0 atom stereocenters. The van der Waals surface area contributed by atoms with Gasteiger partial charge in [-0.25, -0.2) is 0 Å². The van der Waals surface area contributed by atoms with Gasteiger partial charge in [0.25, 0.3) is 0 Å². The van der Waals surface area contributed by atoms with Crippen LogP contribution in [0.25, 0.3) is 0 Å². The monoisotopic (exact) mass is 360 g/mol. The quantitative estimate of drug-likeness (QED) is 0.265. The van der Waals surface area contributed by atoms with Gasteiger partial charge in [0.15, 0.2) is 0 Å². The van der Waals surface area contributed by atoms with Gasteiger partial charge in [-0.1, -0.05) is 45.4 Å². The van der Waals surface area contributed by atoms with E-state index < -0.39 is 5.97 Å². The van der Waals surface area contributed by atoms with Gasteiger partial charge >= 0.3 is 5.97 Å². The minimum Gasteiger partial charge on any atom is -0.462 e. The van der Waals surface area contributed by atoms with Crippen molar-refractivity contribution in [3.8, 4) is 0 Å². The smallest absolute Gasteiger partial charge is 0.320 e. The molecule has 0 spiro atoms. The molecule has 0 fully saturated rings. The number of nitrogens with one attached hydrogen (secondary N) is 1. The lowest BCUT2D eigenvalue weighted by atomic mass is 10.1. The predicted octanol–water partition coefficient (Wildman–Crippen LogP) is 1.07. The minimum atomic E-state index is -0.447. The Morgan fingerprint density at radius 1 is 0.960 bits per heavy atom. The molecule has 0 aromatic rings. The highest BCUT2D eigenvalue weighted by Crippen LogP contribution is 2.08. The van der Waals surface area contributed by atoms with Crippen molar-refractivity contribution in [2.24, 2.45) is 0 Å². The largest absolute Gasteiger partial charge is 0.462 e. The number of nitrogens with zero attached hydrogens (tertiary/aromatic N) is 1. The molecule has 3 N–H and O–H groups in total. The van der Waals surface area contributed by atoms with E-state index in [-0.39, 0.29) is 32.3 Å². The highest BCUT2D eigenvalue weighted by Gasteiger charge is 2.11. The maximum absolute atomic E-state index is 11.8. The van der Waals surface area contributed by atoms with Crippen LogP contribution in [0.2, 0.25) is 0 Å². The zero-order valence-corrected chi connectivity index (χ0v) is 15.7. The number of amides is 1. The average Bonchev–Trinajstić information content (AvgIpc) is 2.59. The molecule has 0 saturated heterocycles. The van der Waals surface area contributed by atoms with Crippen molar-refractivity contribution in [3.05, 3.63) is 0 Å². The summed E-state index contributed by atoms with van der Waals surface area (Å²) < 4.78 is 4.80. The van der Waals surface area contributed by atoms with Crippen molar-refractivity contribution < 1.29 is 24.5 Å². The molecule has 0 heterocycles. The van der Waals surface area contributed by atoms with Crippen LogP contribution in [0.1, 0.15) is 58.3 Å². The number of rotatable bonds is 17. The Balaban J connectivity index is 3.73. The fraction of sp³-hybridized carbons (Fsp3) is 0.889. The Morgan fingerprint density at radius 3 is 2.28 bits per heavy atom. The van der Waals surface area contributed by atoms with Gasteiger partial charge in [-0.05, 0) is 6.42 Å². The number of hydrogen-bond donors (Lipinski definition) is 3. The summed E-state index contributed by atoms with van der Waals surface area (Å²) in [7, 11) is 0. The molecule has 0 aliphatic rings. The lowest BCUT2D eigenvalue weighted by molar-refractivity contribution is -0.146. The number of esters is 1. The van der Waals surface area contributed by atoms with E-state index in [1.54, 1.807) is 4.90 Å². The van der Waals surface area contributed by atoms with Crippen LogP contribution >= 0.6 is 0 Å². The Bertz CT molecular complexity index is 339. The molecule has 1 amide bonds. The zero-order chi connectivity index (χ0) is 18.8. The molecule has 0 bridgehead atoms. The highest BCUT2D eigenvalue weighted by molar-refractivity contribution is 5.75. The first-order valence-electron chi connectivity index (χ1n) is 9.50. The normalized spacial score (nSPS) is 10.9. The van der Waals surface area contributed by atoms with Gasteiger partial charge in [0.1, 0.15) is 6.61 Å². The summed E-state index contributed by atoms with van der Waals surface area (Å²) in [5, 5.41) is 20.5. The van der Waals surface area contributed by atoms with Gasteiger partial charge in [-0.2, -0.15) is 0 Å². The van der Waals surface area contributed by atoms with Crippen LogP contribution in [0.15, 0.2) is 0 Å². The average molecular weight is 360 g/mol. The van der Waals surface area contributed by atoms with Crippen LogP contribution in [0.3, 0.4) is 0 Å².